The predicted molar refractivity (Wildman–Crippen MR) is 40.0 cm³/mol. The molecule has 1 heterocycles. The fourth-order valence-electron chi connectivity index (χ4n) is 0.576. The van der Waals surface area contributed by atoms with Crippen molar-refractivity contribution < 1.29 is 10.3 Å². The molecule has 1 aromatic heterocycles. The maximum Gasteiger partial charge on any atom is 0.258 e. The second-order valence-electron chi connectivity index (χ2n) is 1.89. The lowest BCUT2D eigenvalue weighted by molar-refractivity contribution is 0.146. The number of anilines is 3. The Hall–Kier alpha value is -1.67. The number of hydroxylamine groups is 1. The number of aliphatic hydroxyl groups excluding tert-OH is 1. The van der Waals surface area contributed by atoms with Crippen molar-refractivity contribution in [1.29, 1.82) is 0 Å². The molecule has 0 aromatic carbocycles. The largest absolute Gasteiger partial charge is 0.374 e. The van der Waals surface area contributed by atoms with Gasteiger partial charge in [-0.05, 0) is 0 Å². The number of aliphatic hydroxyl groups is 1. The molecule has 66 valence electrons. The zero-order chi connectivity index (χ0) is 9.14. The van der Waals surface area contributed by atoms with Crippen molar-refractivity contribution in [3.8, 4) is 0 Å². The first-order chi connectivity index (χ1) is 5.63. The van der Waals surface area contributed by atoms with Crippen molar-refractivity contribution in [2.45, 2.75) is 0 Å². The molecule has 0 saturated carbocycles. The van der Waals surface area contributed by atoms with Crippen molar-refractivity contribution in [1.82, 2.24) is 15.0 Å². The fourth-order valence-corrected chi connectivity index (χ4v) is 0.576. The highest BCUT2D eigenvalue weighted by molar-refractivity contribution is 5.36. The highest BCUT2D eigenvalue weighted by Crippen LogP contribution is 2.06. The standard InChI is InChI=1S/C4H8N6O2/c5-2-7-3(6)9-4(8-2)10(12)1-11/h11-12H,1H2,(H4,5,6,7,8,9). The third kappa shape index (κ3) is 1.68. The number of rotatable bonds is 2. The van der Waals surface area contributed by atoms with Crippen LogP contribution in [0.5, 0.6) is 0 Å². The number of hydrogen-bond donors (Lipinski definition) is 4. The van der Waals surface area contributed by atoms with Gasteiger partial charge in [-0.2, -0.15) is 20.0 Å². The van der Waals surface area contributed by atoms with Gasteiger partial charge in [-0.25, -0.2) is 0 Å². The van der Waals surface area contributed by atoms with Gasteiger partial charge < -0.3 is 16.6 Å². The second-order valence-corrected chi connectivity index (χ2v) is 1.89. The summed E-state index contributed by atoms with van der Waals surface area (Å²) in [4.78, 5) is 10.5. The van der Waals surface area contributed by atoms with E-state index in [1.165, 1.54) is 0 Å². The van der Waals surface area contributed by atoms with Crippen LogP contribution in [0.2, 0.25) is 0 Å². The summed E-state index contributed by atoms with van der Waals surface area (Å²) in [5, 5.41) is 17.7. The average Bonchev–Trinajstić information content (AvgIpc) is 2.01. The van der Waals surface area contributed by atoms with Gasteiger partial charge in [-0.15, -0.1) is 0 Å². The molecule has 0 saturated heterocycles. The van der Waals surface area contributed by atoms with E-state index in [2.05, 4.69) is 15.0 Å². The fraction of sp³-hybridized carbons (Fsp3) is 0.250. The summed E-state index contributed by atoms with van der Waals surface area (Å²) in [7, 11) is 0. The van der Waals surface area contributed by atoms with Gasteiger partial charge in [-0.1, -0.05) is 0 Å². The van der Waals surface area contributed by atoms with Crippen LogP contribution in [0.25, 0.3) is 0 Å². The van der Waals surface area contributed by atoms with E-state index in [1.807, 2.05) is 0 Å². The third-order valence-corrected chi connectivity index (χ3v) is 1.02. The lowest BCUT2D eigenvalue weighted by Crippen LogP contribution is -2.22. The van der Waals surface area contributed by atoms with Crippen molar-refractivity contribution in [3.63, 3.8) is 0 Å². The normalized spacial score (nSPS) is 9.83. The van der Waals surface area contributed by atoms with Crippen LogP contribution in [0, 0.1) is 0 Å². The molecule has 0 aliphatic heterocycles. The minimum absolute atomic E-state index is 0.120. The van der Waals surface area contributed by atoms with Gasteiger partial charge in [0, 0.05) is 0 Å². The van der Waals surface area contributed by atoms with E-state index in [1.54, 1.807) is 0 Å². The molecule has 0 fully saturated rings. The van der Waals surface area contributed by atoms with E-state index < -0.39 is 6.73 Å². The molecule has 6 N–H and O–H groups in total. The molecule has 0 spiro atoms. The minimum Gasteiger partial charge on any atom is -0.374 e. The number of nitrogens with two attached hydrogens (primary N) is 2. The molecule has 0 bridgehead atoms. The van der Waals surface area contributed by atoms with Crippen LogP contribution in [-0.4, -0.2) is 32.0 Å². The van der Waals surface area contributed by atoms with Gasteiger partial charge in [0.2, 0.25) is 11.9 Å². The van der Waals surface area contributed by atoms with E-state index in [0.717, 1.165) is 0 Å². The molecule has 0 aliphatic rings. The van der Waals surface area contributed by atoms with Crippen molar-refractivity contribution in [3.05, 3.63) is 0 Å². The number of nitrogen functional groups attached to an aromatic ring is 2. The first-order valence-corrected chi connectivity index (χ1v) is 2.98. The van der Waals surface area contributed by atoms with Gasteiger partial charge in [0.25, 0.3) is 5.95 Å². The van der Waals surface area contributed by atoms with Crippen LogP contribution in [0.3, 0.4) is 0 Å². The monoisotopic (exact) mass is 172 g/mol. The van der Waals surface area contributed by atoms with Gasteiger partial charge in [-0.3, -0.25) is 5.21 Å². The molecular formula is C4H8N6O2. The molecule has 0 aliphatic carbocycles. The van der Waals surface area contributed by atoms with Crippen LogP contribution in [0.4, 0.5) is 17.8 Å². The van der Waals surface area contributed by atoms with E-state index in [0.29, 0.717) is 5.06 Å². The minimum atomic E-state index is -0.650. The first-order valence-electron chi connectivity index (χ1n) is 2.98. The molecular weight excluding hydrogens is 164 g/mol. The summed E-state index contributed by atoms with van der Waals surface area (Å²) in [6, 6.07) is 0. The van der Waals surface area contributed by atoms with E-state index in [9.17, 15) is 0 Å². The Balaban J connectivity index is 3.00. The zero-order valence-corrected chi connectivity index (χ0v) is 6.05. The SMILES string of the molecule is Nc1nc(N)nc(N(O)CO)n1. The average molecular weight is 172 g/mol. The van der Waals surface area contributed by atoms with Crippen LogP contribution in [0.1, 0.15) is 0 Å². The van der Waals surface area contributed by atoms with E-state index in [-0.39, 0.29) is 17.8 Å². The summed E-state index contributed by atoms with van der Waals surface area (Å²) in [5.74, 6) is -0.433. The Kier molecular flexibility index (Phi) is 2.21. The number of nitrogens with zero attached hydrogens (tertiary/aromatic N) is 4. The summed E-state index contributed by atoms with van der Waals surface area (Å²) < 4.78 is 0. The zero-order valence-electron chi connectivity index (χ0n) is 6.05. The smallest absolute Gasteiger partial charge is 0.258 e. The molecule has 1 aromatic rings. The van der Waals surface area contributed by atoms with Crippen LogP contribution in [0.15, 0.2) is 0 Å². The maximum atomic E-state index is 8.90. The second kappa shape index (κ2) is 3.15. The molecule has 0 atom stereocenters. The molecule has 8 nitrogen and oxygen atoms in total. The Morgan fingerprint density at radius 2 is 1.67 bits per heavy atom. The first kappa shape index (κ1) is 8.43. The number of hydrogen-bond acceptors (Lipinski definition) is 8. The summed E-state index contributed by atoms with van der Waals surface area (Å²) >= 11 is 0. The highest BCUT2D eigenvalue weighted by atomic mass is 16.5. The van der Waals surface area contributed by atoms with Crippen LogP contribution >= 0.6 is 0 Å². The van der Waals surface area contributed by atoms with Gasteiger partial charge in [0.1, 0.15) is 6.73 Å². The molecule has 0 radical (unpaired) electrons. The molecule has 12 heavy (non-hydrogen) atoms. The van der Waals surface area contributed by atoms with Gasteiger partial charge in [0.15, 0.2) is 0 Å². The topological polar surface area (TPSA) is 134 Å². The Labute approximate surface area is 67.4 Å². The summed E-state index contributed by atoms with van der Waals surface area (Å²) in [5.41, 5.74) is 10.4. The summed E-state index contributed by atoms with van der Waals surface area (Å²) in [6.45, 7) is -0.650. The molecule has 0 unspecified atom stereocenters. The van der Waals surface area contributed by atoms with Crippen molar-refractivity contribution in [2.24, 2.45) is 0 Å². The van der Waals surface area contributed by atoms with E-state index >= 15 is 0 Å². The van der Waals surface area contributed by atoms with Gasteiger partial charge in [0.05, 0.1) is 0 Å². The molecule has 1 rings (SSSR count). The Morgan fingerprint density at radius 1 is 1.17 bits per heavy atom. The predicted octanol–water partition coefficient (Wildman–Crippen LogP) is -1.82. The molecule has 8 heteroatoms. The van der Waals surface area contributed by atoms with E-state index in [4.69, 9.17) is 21.8 Å². The number of aromatic nitrogens is 3. The summed E-state index contributed by atoms with van der Waals surface area (Å²) in [6.07, 6.45) is 0. The van der Waals surface area contributed by atoms with Gasteiger partial charge >= 0.3 is 0 Å². The van der Waals surface area contributed by atoms with Crippen LogP contribution < -0.4 is 16.5 Å². The Bertz CT molecular complexity index is 258. The maximum absolute atomic E-state index is 8.90. The molecule has 0 amide bonds. The lowest BCUT2D eigenvalue weighted by Gasteiger charge is -2.10. The highest BCUT2D eigenvalue weighted by Gasteiger charge is 2.06. The van der Waals surface area contributed by atoms with Crippen LogP contribution in [-0.2, 0) is 0 Å². The third-order valence-electron chi connectivity index (χ3n) is 1.02. The lowest BCUT2D eigenvalue weighted by atomic mass is 10.8. The van der Waals surface area contributed by atoms with Crippen molar-refractivity contribution in [2.75, 3.05) is 23.3 Å². The quantitative estimate of drug-likeness (QED) is 0.302. The Morgan fingerprint density at radius 3 is 2.08 bits per heavy atom. The van der Waals surface area contributed by atoms with Crippen molar-refractivity contribution >= 4 is 17.8 Å².